The molecule has 0 bridgehead atoms. The Labute approximate surface area is 479 Å². The van der Waals surface area contributed by atoms with Crippen LogP contribution in [0.1, 0.15) is 328 Å². The van der Waals surface area contributed by atoms with Crippen molar-refractivity contribution in [3.8, 4) is 0 Å². The average molecular weight is 1100 g/mol. The van der Waals surface area contributed by atoms with Gasteiger partial charge in [0.05, 0.1) is 39.9 Å². The molecule has 0 fully saturated rings. The van der Waals surface area contributed by atoms with E-state index in [1.54, 1.807) is 0 Å². The summed E-state index contributed by atoms with van der Waals surface area (Å²) in [7, 11) is 1.62. The standard InChI is InChI=1S/C68H131N2O6P/c1-6-8-10-12-14-16-18-20-22-24-26-28-30-31-32-33-34-35-36-37-38-40-41-43-45-47-49-51-53-55-57-59-61-67(71)66(65-76-77(73,74)75-64-63-70(3,4)5)69-68(72)62-60-58-56-54-52-50-48-46-44-42-39-29-27-25-23-21-19-17-15-13-11-9-7-2/h9,11,15,17,21,23,27,29,66-67,71H,6-8,10,12-14,16,18-20,22,24-26,28,30-65H2,1-5H3,(H-,69,72,73,74)/p+1/b11-9-,17-15-,23-21-,29-27-. The van der Waals surface area contributed by atoms with Crippen LogP contribution in [-0.2, 0) is 18.4 Å². The van der Waals surface area contributed by atoms with Crippen LogP contribution in [0.25, 0.3) is 0 Å². The van der Waals surface area contributed by atoms with Gasteiger partial charge >= 0.3 is 7.82 Å². The highest BCUT2D eigenvalue weighted by Gasteiger charge is 2.28. The first-order valence-corrected chi connectivity index (χ1v) is 35.0. The maximum atomic E-state index is 13.0. The van der Waals surface area contributed by atoms with Crippen LogP contribution in [0.5, 0.6) is 0 Å². The minimum atomic E-state index is -4.33. The van der Waals surface area contributed by atoms with E-state index < -0.39 is 20.0 Å². The number of carbonyl (C=O) groups excluding carboxylic acids is 1. The van der Waals surface area contributed by atoms with Crippen molar-refractivity contribution in [3.05, 3.63) is 48.6 Å². The molecule has 3 atom stereocenters. The number of aliphatic hydroxyl groups is 1. The Bertz CT molecular complexity index is 1390. The molecule has 0 aromatic heterocycles. The first-order valence-electron chi connectivity index (χ1n) is 33.5. The predicted octanol–water partition coefficient (Wildman–Crippen LogP) is 21.1. The van der Waals surface area contributed by atoms with Crippen LogP contribution < -0.4 is 5.32 Å². The smallest absolute Gasteiger partial charge is 0.391 e. The third-order valence-corrected chi connectivity index (χ3v) is 16.3. The number of carbonyl (C=O) groups is 1. The van der Waals surface area contributed by atoms with Crippen molar-refractivity contribution in [2.45, 2.75) is 341 Å². The number of hydrogen-bond donors (Lipinski definition) is 3. The van der Waals surface area contributed by atoms with Crippen molar-refractivity contribution in [1.29, 1.82) is 0 Å². The molecule has 0 aliphatic heterocycles. The molecule has 0 saturated carbocycles. The molecule has 0 rings (SSSR count). The highest BCUT2D eigenvalue weighted by molar-refractivity contribution is 7.47. The third-order valence-electron chi connectivity index (χ3n) is 15.3. The summed E-state index contributed by atoms with van der Waals surface area (Å²) < 4.78 is 23.9. The fourth-order valence-corrected chi connectivity index (χ4v) is 10.9. The van der Waals surface area contributed by atoms with Gasteiger partial charge in [0.25, 0.3) is 0 Å². The second-order valence-electron chi connectivity index (χ2n) is 24.2. The van der Waals surface area contributed by atoms with Gasteiger partial charge in [0, 0.05) is 6.42 Å². The summed E-state index contributed by atoms with van der Waals surface area (Å²) in [5, 5.41) is 14.1. The minimum absolute atomic E-state index is 0.0732. The number of allylic oxidation sites excluding steroid dienone is 8. The fraction of sp³-hybridized carbons (Fsp3) is 0.868. The number of likely N-dealkylation sites (N-methyl/N-ethyl adjacent to an activating group) is 1. The van der Waals surface area contributed by atoms with E-state index in [0.29, 0.717) is 23.9 Å². The number of aliphatic hydroxyl groups excluding tert-OH is 1. The number of nitrogens with zero attached hydrogens (tertiary/aromatic N) is 1. The summed E-state index contributed by atoms with van der Waals surface area (Å²) >= 11 is 0. The van der Waals surface area contributed by atoms with Crippen LogP contribution in [0.4, 0.5) is 0 Å². The van der Waals surface area contributed by atoms with Gasteiger partial charge in [-0.25, -0.2) is 4.57 Å². The summed E-state index contributed by atoms with van der Waals surface area (Å²) in [6.07, 6.45) is 79.2. The second kappa shape index (κ2) is 59.1. The van der Waals surface area contributed by atoms with E-state index in [9.17, 15) is 19.4 Å². The van der Waals surface area contributed by atoms with Gasteiger partial charge in [0.2, 0.25) is 5.91 Å². The Morgan fingerprint density at radius 3 is 1.14 bits per heavy atom. The second-order valence-corrected chi connectivity index (χ2v) is 25.6. The van der Waals surface area contributed by atoms with E-state index in [4.69, 9.17) is 9.05 Å². The fourth-order valence-electron chi connectivity index (χ4n) is 10.2. The number of nitrogens with one attached hydrogen (secondary N) is 1. The molecule has 0 heterocycles. The zero-order valence-electron chi connectivity index (χ0n) is 52.0. The molecule has 3 unspecified atom stereocenters. The lowest BCUT2D eigenvalue weighted by Crippen LogP contribution is -2.46. The Kier molecular flexibility index (Phi) is 57.9. The normalized spacial score (nSPS) is 14.0. The van der Waals surface area contributed by atoms with Crippen LogP contribution in [0.2, 0.25) is 0 Å². The van der Waals surface area contributed by atoms with Crippen LogP contribution in [0.15, 0.2) is 48.6 Å². The molecule has 0 aromatic carbocycles. The maximum absolute atomic E-state index is 13.0. The first kappa shape index (κ1) is 75.5. The lowest BCUT2D eigenvalue weighted by atomic mass is 10.0. The van der Waals surface area contributed by atoms with Crippen molar-refractivity contribution in [3.63, 3.8) is 0 Å². The molecule has 0 aliphatic carbocycles. The minimum Gasteiger partial charge on any atom is -0.391 e. The molecule has 0 radical (unpaired) electrons. The molecule has 3 N–H and O–H groups in total. The lowest BCUT2D eigenvalue weighted by molar-refractivity contribution is -0.870. The number of hydrogen-bond acceptors (Lipinski definition) is 5. The van der Waals surface area contributed by atoms with Crippen LogP contribution in [0, 0.1) is 0 Å². The van der Waals surface area contributed by atoms with Crippen LogP contribution in [-0.4, -0.2) is 73.4 Å². The van der Waals surface area contributed by atoms with E-state index in [1.165, 1.54) is 238 Å². The molecule has 9 heteroatoms. The molecule has 8 nitrogen and oxygen atoms in total. The topological polar surface area (TPSA) is 105 Å². The van der Waals surface area contributed by atoms with Gasteiger partial charge in [-0.15, -0.1) is 0 Å². The van der Waals surface area contributed by atoms with Crippen LogP contribution >= 0.6 is 7.82 Å². The highest BCUT2D eigenvalue weighted by atomic mass is 31.2. The number of rotatable bonds is 62. The van der Waals surface area contributed by atoms with Gasteiger partial charge < -0.3 is 19.8 Å². The zero-order chi connectivity index (χ0) is 56.3. The molecular formula is C68H132N2O6P+. The zero-order valence-corrected chi connectivity index (χ0v) is 52.9. The van der Waals surface area contributed by atoms with Crippen molar-refractivity contribution >= 4 is 13.7 Å². The number of quaternary nitrogens is 1. The van der Waals surface area contributed by atoms with Crippen molar-refractivity contribution in [2.24, 2.45) is 0 Å². The largest absolute Gasteiger partial charge is 0.472 e. The van der Waals surface area contributed by atoms with Gasteiger partial charge in [-0.1, -0.05) is 319 Å². The number of phosphoric ester groups is 1. The maximum Gasteiger partial charge on any atom is 0.472 e. The van der Waals surface area contributed by atoms with E-state index in [2.05, 4.69) is 67.8 Å². The Morgan fingerprint density at radius 1 is 0.455 bits per heavy atom. The van der Waals surface area contributed by atoms with E-state index in [1.807, 2.05) is 21.1 Å². The number of phosphoric acid groups is 1. The lowest BCUT2D eigenvalue weighted by Gasteiger charge is -2.26. The summed E-state index contributed by atoms with van der Waals surface area (Å²) in [6, 6.07) is -0.766. The molecule has 1 amide bonds. The molecule has 0 spiro atoms. The van der Waals surface area contributed by atoms with Gasteiger partial charge in [-0.05, 0) is 51.4 Å². The van der Waals surface area contributed by atoms with Crippen molar-refractivity contribution < 1.29 is 32.9 Å². The summed E-state index contributed by atoms with van der Waals surface area (Å²) in [6.45, 7) is 4.82. The Morgan fingerprint density at radius 2 is 0.779 bits per heavy atom. The monoisotopic (exact) mass is 1100 g/mol. The van der Waals surface area contributed by atoms with Gasteiger partial charge in [-0.3, -0.25) is 13.8 Å². The van der Waals surface area contributed by atoms with Gasteiger partial charge in [0.15, 0.2) is 0 Å². The Balaban J connectivity index is 4.03. The van der Waals surface area contributed by atoms with Crippen LogP contribution in [0.3, 0.4) is 0 Å². The highest BCUT2D eigenvalue weighted by Crippen LogP contribution is 2.43. The third kappa shape index (κ3) is 61.9. The summed E-state index contributed by atoms with van der Waals surface area (Å²) in [5.41, 5.74) is 0. The predicted molar refractivity (Wildman–Crippen MR) is 337 cm³/mol. The van der Waals surface area contributed by atoms with Gasteiger partial charge in [-0.2, -0.15) is 0 Å². The van der Waals surface area contributed by atoms with E-state index >= 15 is 0 Å². The van der Waals surface area contributed by atoms with Crippen molar-refractivity contribution in [2.75, 3.05) is 40.9 Å². The Hall–Kier alpha value is -1.54. The molecular weight excluding hydrogens is 972 g/mol. The van der Waals surface area contributed by atoms with Gasteiger partial charge in [0.1, 0.15) is 13.2 Å². The van der Waals surface area contributed by atoms with E-state index in [-0.39, 0.29) is 19.1 Å². The molecule has 0 saturated heterocycles. The molecule has 0 aliphatic rings. The average Bonchev–Trinajstić information content (AvgIpc) is 3.39. The SMILES string of the molecule is CC/C=C\C/C=C\C/C=C\C/C=C\CCCCCCCCCCCCC(=O)NC(COP(=O)(O)OCC[N+](C)(C)C)C(O)CCCCCCCCCCCCCCCCCCCCCCCCCCCCCCCCCC. The summed E-state index contributed by atoms with van der Waals surface area (Å²) in [5.74, 6) is -0.146. The van der Waals surface area contributed by atoms with Crippen molar-refractivity contribution in [1.82, 2.24) is 5.32 Å². The molecule has 77 heavy (non-hydrogen) atoms. The first-order chi connectivity index (χ1) is 37.5. The molecule has 454 valence electrons. The summed E-state index contributed by atoms with van der Waals surface area (Å²) in [4.78, 5) is 23.4. The molecule has 0 aromatic rings. The quantitative estimate of drug-likeness (QED) is 0.0243. The number of amides is 1. The van der Waals surface area contributed by atoms with E-state index in [0.717, 1.165) is 64.2 Å². The number of unbranched alkanes of at least 4 members (excludes halogenated alkanes) is 41.